The Morgan fingerprint density at radius 1 is 1.22 bits per heavy atom. The summed E-state index contributed by atoms with van der Waals surface area (Å²) in [6, 6.07) is 13.6. The molecule has 192 valence electrons. The van der Waals surface area contributed by atoms with Crippen LogP contribution in [0.2, 0.25) is 0 Å². The largest absolute Gasteiger partial charge is 0.378 e. The van der Waals surface area contributed by atoms with E-state index in [0.29, 0.717) is 12.1 Å². The minimum absolute atomic E-state index is 0.0449. The highest BCUT2D eigenvalue weighted by Gasteiger charge is 2.20. The van der Waals surface area contributed by atoms with Gasteiger partial charge in [0.25, 0.3) is 5.91 Å². The van der Waals surface area contributed by atoms with Crippen molar-refractivity contribution in [1.29, 1.82) is 0 Å². The number of nitrogens with one attached hydrogen (secondary N) is 1. The van der Waals surface area contributed by atoms with Crippen molar-refractivity contribution in [2.45, 2.75) is 38.3 Å². The zero-order valence-corrected chi connectivity index (χ0v) is 23.1. The van der Waals surface area contributed by atoms with Crippen molar-refractivity contribution in [3.8, 4) is 0 Å². The van der Waals surface area contributed by atoms with Crippen molar-refractivity contribution < 1.29 is 9.00 Å². The molecule has 1 N–H and O–H groups in total. The molecule has 3 aromatic rings. The summed E-state index contributed by atoms with van der Waals surface area (Å²) in [4.78, 5) is 17.8. The van der Waals surface area contributed by atoms with Gasteiger partial charge in [0, 0.05) is 57.9 Å². The second-order valence-corrected chi connectivity index (χ2v) is 10.5. The van der Waals surface area contributed by atoms with Crippen LogP contribution in [0.25, 0.3) is 6.08 Å². The second kappa shape index (κ2) is 12.0. The van der Waals surface area contributed by atoms with Crippen molar-refractivity contribution in [1.82, 2.24) is 19.6 Å². The van der Waals surface area contributed by atoms with Crippen molar-refractivity contribution in [2.75, 3.05) is 32.2 Å². The molecule has 1 amide bonds. The summed E-state index contributed by atoms with van der Waals surface area (Å²) in [6.07, 6.45) is 7.57. The minimum Gasteiger partial charge on any atom is -0.378 e. The molecule has 3 rings (SSSR count). The summed E-state index contributed by atoms with van der Waals surface area (Å²) in [5, 5.41) is 7.81. The third-order valence-corrected chi connectivity index (χ3v) is 7.15. The van der Waals surface area contributed by atoms with E-state index in [0.717, 1.165) is 39.5 Å². The SMILES string of the molecule is CCN(/C=C/c1c(C(=O)N(C)C)cc(C)cc1[C@@H](C)Nc1ccccc1S(C)=O)Cc1ccnn1C. The molecule has 0 saturated carbocycles. The Kier molecular flexibility index (Phi) is 9.09. The number of para-hydroxylation sites is 1. The van der Waals surface area contributed by atoms with Crippen LogP contribution in [-0.2, 0) is 24.4 Å². The lowest BCUT2D eigenvalue weighted by Gasteiger charge is -2.24. The Bertz CT molecular complexity index is 1260. The van der Waals surface area contributed by atoms with E-state index in [1.54, 1.807) is 31.4 Å². The van der Waals surface area contributed by atoms with Crippen LogP contribution in [0.1, 0.15) is 52.6 Å². The van der Waals surface area contributed by atoms with Crippen LogP contribution in [0.15, 0.2) is 59.8 Å². The van der Waals surface area contributed by atoms with Crippen LogP contribution < -0.4 is 5.32 Å². The van der Waals surface area contributed by atoms with Gasteiger partial charge in [-0.25, -0.2) is 0 Å². The first-order valence-electron chi connectivity index (χ1n) is 12.1. The van der Waals surface area contributed by atoms with E-state index in [-0.39, 0.29) is 11.9 Å². The Morgan fingerprint density at radius 2 is 1.94 bits per heavy atom. The van der Waals surface area contributed by atoms with Gasteiger partial charge in [0.2, 0.25) is 0 Å². The lowest BCUT2D eigenvalue weighted by atomic mass is 9.92. The molecular formula is C28H37N5O2S. The number of aromatic nitrogens is 2. The van der Waals surface area contributed by atoms with Crippen LogP contribution in [-0.4, -0.2) is 56.6 Å². The molecule has 7 nitrogen and oxygen atoms in total. The molecule has 0 aliphatic carbocycles. The average Bonchev–Trinajstić information content (AvgIpc) is 3.25. The second-order valence-electron chi connectivity index (χ2n) is 9.16. The number of aryl methyl sites for hydroxylation is 2. The number of hydrogen-bond donors (Lipinski definition) is 1. The molecule has 8 heteroatoms. The molecule has 2 atom stereocenters. The topological polar surface area (TPSA) is 70.5 Å². The fraction of sp³-hybridized carbons (Fsp3) is 0.357. The highest BCUT2D eigenvalue weighted by atomic mass is 32.2. The fourth-order valence-electron chi connectivity index (χ4n) is 4.15. The first kappa shape index (κ1) is 27.2. The van der Waals surface area contributed by atoms with E-state index in [4.69, 9.17) is 0 Å². The molecule has 0 aliphatic heterocycles. The summed E-state index contributed by atoms with van der Waals surface area (Å²) in [5.41, 5.74) is 5.48. The lowest BCUT2D eigenvalue weighted by molar-refractivity contribution is 0.0827. The summed E-state index contributed by atoms with van der Waals surface area (Å²) < 4.78 is 14.2. The third-order valence-electron chi connectivity index (χ3n) is 6.17. The molecule has 1 heterocycles. The first-order chi connectivity index (χ1) is 17.1. The molecule has 0 spiro atoms. The van der Waals surface area contributed by atoms with Gasteiger partial charge in [0.1, 0.15) is 0 Å². The zero-order chi connectivity index (χ0) is 26.4. The third kappa shape index (κ3) is 6.43. The van der Waals surface area contributed by atoms with Gasteiger partial charge in [-0.3, -0.25) is 13.7 Å². The van der Waals surface area contributed by atoms with Gasteiger partial charge in [0.15, 0.2) is 0 Å². The summed E-state index contributed by atoms with van der Waals surface area (Å²) in [6.45, 7) is 7.70. The highest BCUT2D eigenvalue weighted by molar-refractivity contribution is 7.84. The van der Waals surface area contributed by atoms with Crippen molar-refractivity contribution in [3.63, 3.8) is 0 Å². The smallest absolute Gasteiger partial charge is 0.253 e. The maximum Gasteiger partial charge on any atom is 0.253 e. The number of carbonyl (C=O) groups excluding carboxylic acids is 1. The molecule has 1 aromatic heterocycles. The standard InChI is InChI=1S/C28H37N5O2S/c1-8-33(19-22-13-15-29-32(22)6)16-14-23-24(17-20(2)18-25(23)28(34)31(4)5)21(3)30-26-11-9-10-12-27(26)36(7)35/h9-18,21,30H,8,19H2,1-7H3/b16-14+/t21-,36?/m1/s1. The quantitative estimate of drug-likeness (QED) is 0.426. The van der Waals surface area contributed by atoms with E-state index in [1.165, 1.54) is 0 Å². The van der Waals surface area contributed by atoms with Crippen molar-refractivity contribution in [2.24, 2.45) is 7.05 Å². The van der Waals surface area contributed by atoms with Crippen molar-refractivity contribution >= 4 is 28.5 Å². The molecule has 0 radical (unpaired) electrons. The van der Waals surface area contributed by atoms with Gasteiger partial charge in [-0.2, -0.15) is 5.10 Å². The molecule has 0 fully saturated rings. The Morgan fingerprint density at radius 3 is 2.56 bits per heavy atom. The maximum absolute atomic E-state index is 13.2. The highest BCUT2D eigenvalue weighted by Crippen LogP contribution is 2.30. The minimum atomic E-state index is -1.12. The number of rotatable bonds is 10. The summed E-state index contributed by atoms with van der Waals surface area (Å²) in [5.74, 6) is -0.0449. The zero-order valence-electron chi connectivity index (χ0n) is 22.3. The number of nitrogens with zero attached hydrogens (tertiary/aromatic N) is 4. The Balaban J connectivity index is 2.05. The average molecular weight is 508 g/mol. The first-order valence-corrected chi connectivity index (χ1v) is 13.6. The number of amides is 1. The molecule has 1 unspecified atom stereocenters. The monoisotopic (exact) mass is 507 g/mol. The molecule has 0 saturated heterocycles. The van der Waals surface area contributed by atoms with Gasteiger partial charge in [-0.1, -0.05) is 18.2 Å². The van der Waals surface area contributed by atoms with Gasteiger partial charge >= 0.3 is 0 Å². The predicted octanol–water partition coefficient (Wildman–Crippen LogP) is 4.83. The maximum atomic E-state index is 13.2. The molecule has 2 aromatic carbocycles. The summed E-state index contributed by atoms with van der Waals surface area (Å²) >= 11 is 0. The van der Waals surface area contributed by atoms with Gasteiger partial charge in [-0.05, 0) is 67.8 Å². The molecular weight excluding hydrogens is 470 g/mol. The van der Waals surface area contributed by atoms with E-state index in [1.807, 2.05) is 61.1 Å². The summed E-state index contributed by atoms with van der Waals surface area (Å²) in [7, 11) is 4.36. The van der Waals surface area contributed by atoms with Crippen LogP contribution in [0, 0.1) is 6.92 Å². The van der Waals surface area contributed by atoms with Crippen LogP contribution in [0.5, 0.6) is 0 Å². The molecule has 0 bridgehead atoms. The van der Waals surface area contributed by atoms with E-state index in [2.05, 4.69) is 41.4 Å². The van der Waals surface area contributed by atoms with Crippen LogP contribution in [0.4, 0.5) is 5.69 Å². The lowest BCUT2D eigenvalue weighted by Crippen LogP contribution is -2.24. The molecule has 0 aliphatic rings. The Hall–Kier alpha value is -3.39. The van der Waals surface area contributed by atoms with E-state index < -0.39 is 10.8 Å². The van der Waals surface area contributed by atoms with Gasteiger partial charge in [0.05, 0.1) is 33.6 Å². The Labute approximate surface area is 217 Å². The number of hydrogen-bond acceptors (Lipinski definition) is 5. The van der Waals surface area contributed by atoms with E-state index in [9.17, 15) is 9.00 Å². The van der Waals surface area contributed by atoms with Gasteiger partial charge in [-0.15, -0.1) is 0 Å². The van der Waals surface area contributed by atoms with E-state index >= 15 is 0 Å². The predicted molar refractivity (Wildman–Crippen MR) is 148 cm³/mol. The number of carbonyl (C=O) groups is 1. The van der Waals surface area contributed by atoms with Crippen LogP contribution in [0.3, 0.4) is 0 Å². The number of benzene rings is 2. The molecule has 36 heavy (non-hydrogen) atoms. The fourth-order valence-corrected chi connectivity index (χ4v) is 4.86. The number of anilines is 1. The normalized spacial score (nSPS) is 13.0. The van der Waals surface area contributed by atoms with Crippen LogP contribution >= 0.6 is 0 Å². The van der Waals surface area contributed by atoms with Gasteiger partial charge < -0.3 is 15.1 Å². The van der Waals surface area contributed by atoms with Crippen molar-refractivity contribution in [3.05, 3.63) is 82.8 Å².